The molecule has 0 aromatic carbocycles. The smallest absolute Gasteiger partial charge is 0.233 e. The van der Waals surface area contributed by atoms with Crippen LogP contribution in [0.5, 0.6) is 0 Å². The van der Waals surface area contributed by atoms with Crippen LogP contribution >= 0.6 is 0 Å². The molecule has 1 heterocycles. The molecule has 3 fully saturated rings. The van der Waals surface area contributed by atoms with E-state index in [1.165, 1.54) is 4.90 Å². The van der Waals surface area contributed by atoms with Crippen LogP contribution in [0.4, 0.5) is 0 Å². The second-order valence-electron chi connectivity index (χ2n) is 6.24. The monoisotopic (exact) mass is 260 g/mol. The lowest BCUT2D eigenvalue weighted by molar-refractivity contribution is -0.143. The molecule has 2 amide bonds. The van der Waals surface area contributed by atoms with Crippen molar-refractivity contribution in [2.75, 3.05) is 0 Å². The Labute approximate surface area is 113 Å². The van der Waals surface area contributed by atoms with Crippen LogP contribution in [0.1, 0.15) is 45.4 Å². The third-order valence-electron chi connectivity index (χ3n) is 5.32. The van der Waals surface area contributed by atoms with E-state index in [4.69, 9.17) is 5.26 Å². The second kappa shape index (κ2) is 4.63. The van der Waals surface area contributed by atoms with Gasteiger partial charge in [0.15, 0.2) is 0 Å². The summed E-state index contributed by atoms with van der Waals surface area (Å²) in [6.07, 6.45) is 5.38. The number of rotatable bonds is 2. The van der Waals surface area contributed by atoms with Crippen molar-refractivity contribution in [1.29, 1.82) is 5.26 Å². The Hall–Kier alpha value is -1.37. The van der Waals surface area contributed by atoms with Crippen molar-refractivity contribution in [3.63, 3.8) is 0 Å². The molecule has 4 nitrogen and oxygen atoms in total. The lowest BCUT2D eigenvalue weighted by atomic mass is 10.00. The SMILES string of the molecule is CCC1CC2C(=O)N(C3CCCC3C#N)C(=O)C2C1. The van der Waals surface area contributed by atoms with Gasteiger partial charge in [0.25, 0.3) is 0 Å². The van der Waals surface area contributed by atoms with E-state index in [1.54, 1.807) is 0 Å². The first-order chi connectivity index (χ1) is 9.17. The first-order valence-corrected chi connectivity index (χ1v) is 7.43. The van der Waals surface area contributed by atoms with Gasteiger partial charge in [0.05, 0.1) is 29.9 Å². The van der Waals surface area contributed by atoms with Crippen LogP contribution in [-0.2, 0) is 9.59 Å². The summed E-state index contributed by atoms with van der Waals surface area (Å²) < 4.78 is 0. The summed E-state index contributed by atoms with van der Waals surface area (Å²) >= 11 is 0. The molecule has 0 aromatic rings. The van der Waals surface area contributed by atoms with Crippen LogP contribution in [0.3, 0.4) is 0 Å². The van der Waals surface area contributed by atoms with Crippen molar-refractivity contribution in [3.8, 4) is 6.07 Å². The van der Waals surface area contributed by atoms with Crippen LogP contribution in [0.25, 0.3) is 0 Å². The van der Waals surface area contributed by atoms with E-state index >= 15 is 0 Å². The van der Waals surface area contributed by atoms with E-state index in [-0.39, 0.29) is 35.6 Å². The van der Waals surface area contributed by atoms with Crippen molar-refractivity contribution in [2.24, 2.45) is 23.7 Å². The molecule has 4 unspecified atom stereocenters. The Kier molecular flexibility index (Phi) is 3.08. The third-order valence-corrected chi connectivity index (χ3v) is 5.32. The molecule has 4 atom stereocenters. The van der Waals surface area contributed by atoms with Gasteiger partial charge in [-0.15, -0.1) is 0 Å². The molecule has 19 heavy (non-hydrogen) atoms. The quantitative estimate of drug-likeness (QED) is 0.714. The molecule has 0 bridgehead atoms. The number of fused-ring (bicyclic) bond motifs is 1. The molecule has 0 spiro atoms. The van der Waals surface area contributed by atoms with Crippen molar-refractivity contribution < 1.29 is 9.59 Å². The predicted molar refractivity (Wildman–Crippen MR) is 68.6 cm³/mol. The minimum absolute atomic E-state index is 0.0121. The van der Waals surface area contributed by atoms with Crippen LogP contribution in [0.15, 0.2) is 0 Å². The van der Waals surface area contributed by atoms with Crippen molar-refractivity contribution >= 4 is 11.8 Å². The lowest BCUT2D eigenvalue weighted by Crippen LogP contribution is -2.43. The highest BCUT2D eigenvalue weighted by Crippen LogP contribution is 2.46. The van der Waals surface area contributed by atoms with Gasteiger partial charge in [0, 0.05) is 0 Å². The van der Waals surface area contributed by atoms with Gasteiger partial charge >= 0.3 is 0 Å². The first kappa shape index (κ1) is 12.7. The molecule has 1 aliphatic heterocycles. The van der Waals surface area contributed by atoms with E-state index < -0.39 is 0 Å². The average molecular weight is 260 g/mol. The zero-order valence-electron chi connectivity index (χ0n) is 11.3. The normalized spacial score (nSPS) is 41.7. The molecule has 3 rings (SSSR count). The summed E-state index contributed by atoms with van der Waals surface area (Å²) in [4.78, 5) is 26.5. The number of imide groups is 1. The minimum Gasteiger partial charge on any atom is -0.278 e. The summed E-state index contributed by atoms with van der Waals surface area (Å²) in [6.45, 7) is 2.13. The summed E-state index contributed by atoms with van der Waals surface area (Å²) in [5.74, 6) is 0.236. The highest BCUT2D eigenvalue weighted by Gasteiger charge is 2.55. The third kappa shape index (κ3) is 1.79. The Morgan fingerprint density at radius 3 is 2.37 bits per heavy atom. The molecular weight excluding hydrogens is 240 g/mol. The van der Waals surface area contributed by atoms with Gasteiger partial charge in [-0.3, -0.25) is 14.5 Å². The highest BCUT2D eigenvalue weighted by molar-refractivity contribution is 6.05. The Balaban J connectivity index is 1.81. The molecular formula is C15H20N2O2. The van der Waals surface area contributed by atoms with Crippen molar-refractivity contribution in [1.82, 2.24) is 4.90 Å². The number of nitrogens with zero attached hydrogens (tertiary/aromatic N) is 2. The molecule has 3 aliphatic rings. The fourth-order valence-electron chi connectivity index (χ4n) is 4.22. The number of amides is 2. The fourth-order valence-corrected chi connectivity index (χ4v) is 4.22. The highest BCUT2D eigenvalue weighted by atomic mass is 16.2. The van der Waals surface area contributed by atoms with Crippen LogP contribution in [0, 0.1) is 35.0 Å². The second-order valence-corrected chi connectivity index (χ2v) is 6.24. The number of likely N-dealkylation sites (tertiary alicyclic amines) is 1. The van der Waals surface area contributed by atoms with E-state index in [2.05, 4.69) is 13.0 Å². The molecule has 0 aromatic heterocycles. The lowest BCUT2D eigenvalue weighted by Gasteiger charge is -2.26. The Bertz CT molecular complexity index is 430. The predicted octanol–water partition coefficient (Wildman–Crippen LogP) is 2.10. The van der Waals surface area contributed by atoms with Crippen LogP contribution in [0.2, 0.25) is 0 Å². The zero-order chi connectivity index (χ0) is 13.6. The molecule has 1 saturated heterocycles. The maximum atomic E-state index is 12.5. The van der Waals surface area contributed by atoms with Crippen molar-refractivity contribution in [2.45, 2.75) is 51.5 Å². The summed E-state index contributed by atoms with van der Waals surface area (Å²) in [5.41, 5.74) is 0. The summed E-state index contributed by atoms with van der Waals surface area (Å²) in [7, 11) is 0. The number of carbonyl (C=O) groups excluding carboxylic acids is 2. The van der Waals surface area contributed by atoms with E-state index in [0.29, 0.717) is 5.92 Å². The van der Waals surface area contributed by atoms with Crippen LogP contribution in [-0.4, -0.2) is 22.8 Å². The fraction of sp³-hybridized carbons (Fsp3) is 0.800. The molecule has 4 heteroatoms. The Morgan fingerprint density at radius 2 is 1.84 bits per heavy atom. The van der Waals surface area contributed by atoms with Gasteiger partial charge in [0.1, 0.15) is 0 Å². The van der Waals surface area contributed by atoms with Gasteiger partial charge in [-0.05, 0) is 38.0 Å². The molecule has 102 valence electrons. The molecule has 0 radical (unpaired) electrons. The van der Waals surface area contributed by atoms with Crippen molar-refractivity contribution in [3.05, 3.63) is 0 Å². The number of carbonyl (C=O) groups is 2. The average Bonchev–Trinajstić information content (AvgIpc) is 3.08. The zero-order valence-corrected chi connectivity index (χ0v) is 11.3. The number of hydrogen-bond acceptors (Lipinski definition) is 3. The molecule has 2 aliphatic carbocycles. The number of nitriles is 1. The molecule has 2 saturated carbocycles. The summed E-state index contributed by atoms with van der Waals surface area (Å²) in [6, 6.07) is 2.13. The standard InChI is InChI=1S/C15H20N2O2/c1-2-9-6-11-12(7-9)15(19)17(14(11)18)13-5-3-4-10(13)8-16/h9-13H,2-7H2,1H3. The maximum Gasteiger partial charge on any atom is 0.233 e. The van der Waals surface area contributed by atoms with Gasteiger partial charge in [-0.1, -0.05) is 13.3 Å². The minimum atomic E-state index is -0.145. The van der Waals surface area contributed by atoms with Gasteiger partial charge < -0.3 is 0 Å². The van der Waals surface area contributed by atoms with E-state index in [9.17, 15) is 9.59 Å². The largest absolute Gasteiger partial charge is 0.278 e. The van der Waals surface area contributed by atoms with E-state index in [1.807, 2.05) is 0 Å². The first-order valence-electron chi connectivity index (χ1n) is 7.43. The number of hydrogen-bond donors (Lipinski definition) is 0. The summed E-state index contributed by atoms with van der Waals surface area (Å²) in [5, 5.41) is 9.15. The molecule has 0 N–H and O–H groups in total. The van der Waals surface area contributed by atoms with Gasteiger partial charge in [0.2, 0.25) is 11.8 Å². The van der Waals surface area contributed by atoms with E-state index in [0.717, 1.165) is 38.5 Å². The Morgan fingerprint density at radius 1 is 1.21 bits per heavy atom. The van der Waals surface area contributed by atoms with Gasteiger partial charge in [-0.2, -0.15) is 5.26 Å². The van der Waals surface area contributed by atoms with Gasteiger partial charge in [-0.25, -0.2) is 0 Å². The maximum absolute atomic E-state index is 12.5. The topological polar surface area (TPSA) is 61.2 Å². The van der Waals surface area contributed by atoms with Crippen LogP contribution < -0.4 is 0 Å².